The largest absolute Gasteiger partial charge is 0.353 e. The van der Waals surface area contributed by atoms with E-state index in [1.54, 1.807) is 0 Å². The van der Waals surface area contributed by atoms with Crippen LogP contribution < -0.4 is 11.1 Å². The number of carbonyl (C=O) groups excluding carboxylic acids is 1. The van der Waals surface area contributed by atoms with Crippen molar-refractivity contribution in [2.24, 2.45) is 5.73 Å². The summed E-state index contributed by atoms with van der Waals surface area (Å²) in [6.45, 7) is 0.364. The summed E-state index contributed by atoms with van der Waals surface area (Å²) >= 11 is 0. The molecule has 0 aromatic heterocycles. The first-order chi connectivity index (χ1) is 7.81. The van der Waals surface area contributed by atoms with Gasteiger partial charge in [0.1, 0.15) is 0 Å². The Kier molecular flexibility index (Phi) is 3.57. The topological polar surface area (TPSA) is 55.1 Å². The summed E-state index contributed by atoms with van der Waals surface area (Å²) in [6.07, 6.45) is 3.44. The van der Waals surface area contributed by atoms with Crippen LogP contribution in [0.2, 0.25) is 0 Å². The third-order valence-corrected chi connectivity index (χ3v) is 3.21. The molecule has 2 rings (SSSR count). The van der Waals surface area contributed by atoms with Crippen molar-refractivity contribution in [2.75, 3.05) is 6.54 Å². The fourth-order valence-corrected chi connectivity index (χ4v) is 1.93. The van der Waals surface area contributed by atoms with Crippen LogP contribution in [0.1, 0.15) is 30.7 Å². The third-order valence-electron chi connectivity index (χ3n) is 3.21. The zero-order valence-corrected chi connectivity index (χ0v) is 9.36. The van der Waals surface area contributed by atoms with E-state index in [1.165, 1.54) is 6.42 Å². The van der Waals surface area contributed by atoms with E-state index < -0.39 is 0 Å². The average molecular weight is 218 g/mol. The summed E-state index contributed by atoms with van der Waals surface area (Å²) < 4.78 is 0. The second-order valence-corrected chi connectivity index (χ2v) is 4.34. The molecule has 1 unspecified atom stereocenters. The Labute approximate surface area is 96.0 Å². The number of carbonyl (C=O) groups is 1. The van der Waals surface area contributed by atoms with Crippen LogP contribution in [-0.4, -0.2) is 18.5 Å². The van der Waals surface area contributed by atoms with Gasteiger partial charge in [-0.2, -0.15) is 0 Å². The van der Waals surface area contributed by atoms with E-state index >= 15 is 0 Å². The summed E-state index contributed by atoms with van der Waals surface area (Å²) in [4.78, 5) is 12.0. The lowest BCUT2D eigenvalue weighted by Gasteiger charge is -2.28. The highest BCUT2D eigenvalue weighted by Crippen LogP contribution is 2.20. The van der Waals surface area contributed by atoms with Gasteiger partial charge in [0, 0.05) is 12.6 Å². The van der Waals surface area contributed by atoms with Crippen molar-refractivity contribution < 1.29 is 4.79 Å². The van der Waals surface area contributed by atoms with Gasteiger partial charge in [-0.05, 0) is 24.8 Å². The molecule has 16 heavy (non-hydrogen) atoms. The van der Waals surface area contributed by atoms with E-state index in [2.05, 4.69) is 5.32 Å². The van der Waals surface area contributed by atoms with Crippen molar-refractivity contribution in [1.29, 1.82) is 0 Å². The van der Waals surface area contributed by atoms with Gasteiger partial charge < -0.3 is 11.1 Å². The molecule has 0 saturated heterocycles. The van der Waals surface area contributed by atoms with Crippen LogP contribution in [0.15, 0.2) is 30.3 Å². The monoisotopic (exact) mass is 218 g/mol. The van der Waals surface area contributed by atoms with Crippen LogP contribution in [0, 0.1) is 0 Å². The molecule has 3 heteroatoms. The highest BCUT2D eigenvalue weighted by Gasteiger charge is 2.24. The number of nitrogens with two attached hydrogens (primary N) is 1. The van der Waals surface area contributed by atoms with E-state index in [-0.39, 0.29) is 11.8 Å². The molecule has 3 N–H and O–H groups in total. The Bertz CT molecular complexity index is 346. The molecule has 0 radical (unpaired) electrons. The lowest BCUT2D eigenvalue weighted by Crippen LogP contribution is -2.43. The molecule has 0 spiro atoms. The molecule has 1 aliphatic rings. The minimum Gasteiger partial charge on any atom is -0.353 e. The number of benzene rings is 1. The fraction of sp³-hybridized carbons (Fsp3) is 0.462. The van der Waals surface area contributed by atoms with Crippen molar-refractivity contribution >= 4 is 5.91 Å². The fourth-order valence-electron chi connectivity index (χ4n) is 1.93. The molecule has 1 atom stereocenters. The molecule has 0 bridgehead atoms. The van der Waals surface area contributed by atoms with Gasteiger partial charge in [-0.1, -0.05) is 30.3 Å². The normalized spacial score (nSPS) is 17.6. The van der Waals surface area contributed by atoms with E-state index in [0.29, 0.717) is 12.6 Å². The molecule has 1 aromatic carbocycles. The zero-order valence-electron chi connectivity index (χ0n) is 9.36. The lowest BCUT2D eigenvalue weighted by atomic mass is 9.91. The Morgan fingerprint density at radius 1 is 1.38 bits per heavy atom. The van der Waals surface area contributed by atoms with Gasteiger partial charge in [0.2, 0.25) is 5.91 Å². The van der Waals surface area contributed by atoms with Crippen LogP contribution in [0.25, 0.3) is 0 Å². The number of hydrogen-bond donors (Lipinski definition) is 2. The van der Waals surface area contributed by atoms with Crippen molar-refractivity contribution in [3.63, 3.8) is 0 Å². The smallest absolute Gasteiger partial charge is 0.229 e. The number of amides is 1. The molecule has 3 nitrogen and oxygen atoms in total. The van der Waals surface area contributed by atoms with E-state index in [0.717, 1.165) is 18.4 Å². The predicted molar refractivity (Wildman–Crippen MR) is 64.0 cm³/mol. The summed E-state index contributed by atoms with van der Waals surface area (Å²) in [5, 5.41) is 3.05. The number of nitrogens with one attached hydrogen (secondary N) is 1. The van der Waals surface area contributed by atoms with Gasteiger partial charge in [-0.25, -0.2) is 0 Å². The Hall–Kier alpha value is -1.35. The molecular weight excluding hydrogens is 200 g/mol. The first kappa shape index (κ1) is 11.1. The maximum absolute atomic E-state index is 12.0. The first-order valence-electron chi connectivity index (χ1n) is 5.86. The number of hydrogen-bond acceptors (Lipinski definition) is 2. The van der Waals surface area contributed by atoms with Gasteiger partial charge in [0.15, 0.2) is 0 Å². The van der Waals surface area contributed by atoms with Crippen LogP contribution in [0.3, 0.4) is 0 Å². The minimum atomic E-state index is -0.207. The van der Waals surface area contributed by atoms with Crippen molar-refractivity contribution in [3.8, 4) is 0 Å². The van der Waals surface area contributed by atoms with E-state index in [1.807, 2.05) is 30.3 Å². The SMILES string of the molecule is NCC(C(=O)NC1CCC1)c1ccccc1. The van der Waals surface area contributed by atoms with Crippen molar-refractivity contribution in [2.45, 2.75) is 31.2 Å². The average Bonchev–Trinajstić information content (AvgIpc) is 2.26. The molecule has 1 amide bonds. The maximum Gasteiger partial charge on any atom is 0.229 e. The minimum absolute atomic E-state index is 0.0680. The molecule has 1 fully saturated rings. The molecule has 1 aromatic rings. The van der Waals surface area contributed by atoms with Gasteiger partial charge in [0.05, 0.1) is 5.92 Å². The van der Waals surface area contributed by atoms with Crippen molar-refractivity contribution in [1.82, 2.24) is 5.32 Å². The lowest BCUT2D eigenvalue weighted by molar-refractivity contribution is -0.123. The summed E-state index contributed by atoms with van der Waals surface area (Å²) in [5.74, 6) is -0.139. The molecular formula is C13H18N2O. The van der Waals surface area contributed by atoms with Crippen LogP contribution in [-0.2, 0) is 4.79 Å². The number of rotatable bonds is 4. The second kappa shape index (κ2) is 5.12. The van der Waals surface area contributed by atoms with Gasteiger partial charge >= 0.3 is 0 Å². The molecule has 1 saturated carbocycles. The van der Waals surface area contributed by atoms with Crippen molar-refractivity contribution in [3.05, 3.63) is 35.9 Å². The zero-order chi connectivity index (χ0) is 11.4. The third kappa shape index (κ3) is 2.42. The molecule has 86 valence electrons. The molecule has 1 aliphatic carbocycles. The Balaban J connectivity index is 2.01. The highest BCUT2D eigenvalue weighted by atomic mass is 16.2. The van der Waals surface area contributed by atoms with Crippen LogP contribution in [0.5, 0.6) is 0 Å². The molecule has 0 heterocycles. The first-order valence-corrected chi connectivity index (χ1v) is 5.86. The van der Waals surface area contributed by atoms with Crippen LogP contribution >= 0.6 is 0 Å². The van der Waals surface area contributed by atoms with Gasteiger partial charge in [0.25, 0.3) is 0 Å². The van der Waals surface area contributed by atoms with Gasteiger partial charge in [-0.15, -0.1) is 0 Å². The quantitative estimate of drug-likeness (QED) is 0.802. The van der Waals surface area contributed by atoms with E-state index in [4.69, 9.17) is 5.73 Å². The summed E-state index contributed by atoms with van der Waals surface area (Å²) in [5.41, 5.74) is 6.68. The molecule has 0 aliphatic heterocycles. The maximum atomic E-state index is 12.0. The predicted octanol–water partition coefficient (Wildman–Crippen LogP) is 1.40. The standard InChI is InChI=1S/C13H18N2O/c14-9-12(10-5-2-1-3-6-10)13(16)15-11-7-4-8-11/h1-3,5-6,11-12H,4,7-9,14H2,(H,15,16). The highest BCUT2D eigenvalue weighted by molar-refractivity contribution is 5.84. The Morgan fingerprint density at radius 3 is 2.56 bits per heavy atom. The van der Waals surface area contributed by atoms with E-state index in [9.17, 15) is 4.79 Å². The second-order valence-electron chi connectivity index (χ2n) is 4.34. The summed E-state index contributed by atoms with van der Waals surface area (Å²) in [7, 11) is 0. The summed E-state index contributed by atoms with van der Waals surface area (Å²) in [6, 6.07) is 10.1. The van der Waals surface area contributed by atoms with Crippen LogP contribution in [0.4, 0.5) is 0 Å². The van der Waals surface area contributed by atoms with Gasteiger partial charge in [-0.3, -0.25) is 4.79 Å². The Morgan fingerprint density at radius 2 is 2.06 bits per heavy atom.